The van der Waals surface area contributed by atoms with Gasteiger partial charge in [0.05, 0.1) is 6.10 Å². The van der Waals surface area contributed by atoms with Crippen molar-refractivity contribution in [2.75, 3.05) is 0 Å². The first-order chi connectivity index (χ1) is 13.5. The summed E-state index contributed by atoms with van der Waals surface area (Å²) in [6.45, 7) is 15.6. The van der Waals surface area contributed by atoms with Crippen LogP contribution in [0.15, 0.2) is 11.6 Å². The van der Waals surface area contributed by atoms with Crippen LogP contribution in [0.3, 0.4) is 0 Å². The zero-order valence-electron chi connectivity index (χ0n) is 20.2. The van der Waals surface area contributed by atoms with Gasteiger partial charge in [-0.25, -0.2) is 0 Å². The van der Waals surface area contributed by atoms with Gasteiger partial charge in [-0.05, 0) is 92.3 Å². The second kappa shape index (κ2) is 10.1. The van der Waals surface area contributed by atoms with E-state index in [0.717, 1.165) is 36.5 Å². The number of aliphatic hydroxyl groups is 1. The van der Waals surface area contributed by atoms with Gasteiger partial charge >= 0.3 is 0 Å². The molecular formula is C27H50O. The van der Waals surface area contributed by atoms with E-state index < -0.39 is 0 Å². The summed E-state index contributed by atoms with van der Waals surface area (Å²) in [6.07, 6.45) is 17.2. The third-order valence-electron chi connectivity index (χ3n) is 9.18. The maximum Gasteiger partial charge on any atom is 0.0577 e. The van der Waals surface area contributed by atoms with E-state index in [1.165, 1.54) is 57.8 Å². The number of rotatable bonds is 3. The van der Waals surface area contributed by atoms with Crippen LogP contribution in [0.25, 0.3) is 0 Å². The van der Waals surface area contributed by atoms with Crippen LogP contribution in [0.1, 0.15) is 119 Å². The molecule has 1 nitrogen and oxygen atoms in total. The van der Waals surface area contributed by atoms with Crippen LogP contribution >= 0.6 is 0 Å². The van der Waals surface area contributed by atoms with Gasteiger partial charge < -0.3 is 5.11 Å². The lowest BCUT2D eigenvalue weighted by Crippen LogP contribution is -2.50. The lowest BCUT2D eigenvalue weighted by Gasteiger charge is -2.58. The predicted molar refractivity (Wildman–Crippen MR) is 123 cm³/mol. The molecule has 7 atom stereocenters. The average molecular weight is 391 g/mol. The minimum atomic E-state index is -0.0698. The molecule has 4 rings (SSSR count). The Hall–Kier alpha value is -0.300. The van der Waals surface area contributed by atoms with Crippen LogP contribution in [0.2, 0.25) is 0 Å². The average Bonchev–Trinajstić information content (AvgIpc) is 3.06. The minimum Gasteiger partial charge on any atom is -0.393 e. The van der Waals surface area contributed by atoms with Crippen molar-refractivity contribution < 1.29 is 5.11 Å². The lowest BCUT2D eigenvalue weighted by molar-refractivity contribution is -0.0508. The SMILES string of the molecule is CC.CC.CCCCC1CCC2C3CC=C4CC(O)CCC4(C)C3CCC12C. The van der Waals surface area contributed by atoms with Gasteiger partial charge in [-0.15, -0.1) is 0 Å². The Balaban J connectivity index is 0.000000660. The van der Waals surface area contributed by atoms with Crippen LogP contribution in [0.4, 0.5) is 0 Å². The van der Waals surface area contributed by atoms with Crippen LogP contribution in [0.5, 0.6) is 0 Å². The van der Waals surface area contributed by atoms with Crippen LogP contribution in [0, 0.1) is 34.5 Å². The smallest absolute Gasteiger partial charge is 0.0577 e. The molecule has 4 aliphatic rings. The van der Waals surface area contributed by atoms with E-state index >= 15 is 0 Å². The minimum absolute atomic E-state index is 0.0698. The molecular weight excluding hydrogens is 340 g/mol. The fourth-order valence-corrected chi connectivity index (χ4v) is 7.68. The van der Waals surface area contributed by atoms with E-state index in [2.05, 4.69) is 26.8 Å². The zero-order chi connectivity index (χ0) is 20.9. The van der Waals surface area contributed by atoms with Crippen molar-refractivity contribution in [3.63, 3.8) is 0 Å². The third kappa shape index (κ3) is 4.12. The van der Waals surface area contributed by atoms with Crippen molar-refractivity contribution >= 4 is 0 Å². The van der Waals surface area contributed by atoms with E-state index in [9.17, 15) is 5.11 Å². The van der Waals surface area contributed by atoms with Gasteiger partial charge in [0.2, 0.25) is 0 Å². The van der Waals surface area contributed by atoms with Crippen molar-refractivity contribution in [3.05, 3.63) is 11.6 Å². The monoisotopic (exact) mass is 390 g/mol. The first-order valence-corrected chi connectivity index (χ1v) is 12.9. The fourth-order valence-electron chi connectivity index (χ4n) is 7.68. The maximum atomic E-state index is 10.1. The first kappa shape index (κ1) is 24.0. The summed E-state index contributed by atoms with van der Waals surface area (Å²) in [5.74, 6) is 3.79. The molecule has 0 aromatic carbocycles. The number of hydrogen-bond donors (Lipinski definition) is 1. The third-order valence-corrected chi connectivity index (χ3v) is 9.18. The first-order valence-electron chi connectivity index (χ1n) is 12.9. The molecule has 0 aromatic heterocycles. The molecule has 3 saturated carbocycles. The maximum absolute atomic E-state index is 10.1. The summed E-state index contributed by atoms with van der Waals surface area (Å²) < 4.78 is 0. The van der Waals surface area contributed by atoms with Crippen molar-refractivity contribution in [1.29, 1.82) is 0 Å². The molecule has 0 amide bonds. The molecule has 1 N–H and O–H groups in total. The summed E-state index contributed by atoms with van der Waals surface area (Å²) in [5.41, 5.74) is 2.66. The highest BCUT2D eigenvalue weighted by Gasteiger charge is 2.58. The van der Waals surface area contributed by atoms with Crippen molar-refractivity contribution in [3.8, 4) is 0 Å². The normalized spacial score (nSPS) is 43.9. The highest BCUT2D eigenvalue weighted by Crippen LogP contribution is 2.66. The number of aliphatic hydroxyl groups excluding tert-OH is 1. The van der Waals surface area contributed by atoms with Gasteiger partial charge in [0, 0.05) is 0 Å². The zero-order valence-corrected chi connectivity index (χ0v) is 20.2. The molecule has 0 aliphatic heterocycles. The lowest BCUT2D eigenvalue weighted by atomic mass is 9.47. The van der Waals surface area contributed by atoms with E-state index in [-0.39, 0.29) is 6.10 Å². The summed E-state index contributed by atoms with van der Waals surface area (Å²) in [4.78, 5) is 0. The molecule has 1 heteroatoms. The van der Waals surface area contributed by atoms with E-state index in [4.69, 9.17) is 0 Å². The Morgan fingerprint density at radius 2 is 1.68 bits per heavy atom. The largest absolute Gasteiger partial charge is 0.393 e. The number of fused-ring (bicyclic) bond motifs is 5. The highest BCUT2D eigenvalue weighted by molar-refractivity contribution is 5.25. The van der Waals surface area contributed by atoms with Crippen molar-refractivity contribution in [2.45, 2.75) is 125 Å². The molecule has 0 saturated heterocycles. The molecule has 3 fully saturated rings. The second-order valence-electron chi connectivity index (χ2n) is 10.1. The van der Waals surface area contributed by atoms with E-state index in [1.807, 2.05) is 27.7 Å². The van der Waals surface area contributed by atoms with E-state index in [1.54, 1.807) is 5.57 Å². The number of unbranched alkanes of at least 4 members (excludes halogenated alkanes) is 1. The van der Waals surface area contributed by atoms with Crippen LogP contribution in [-0.4, -0.2) is 11.2 Å². The summed E-state index contributed by atoms with van der Waals surface area (Å²) in [7, 11) is 0. The number of allylic oxidation sites excluding steroid dienone is 1. The number of hydrogen-bond acceptors (Lipinski definition) is 1. The standard InChI is InChI=1S/C23H38O.2C2H6/c1-4-5-6-16-8-10-20-19-9-7-17-15-18(24)11-13-23(17,3)21(19)12-14-22(16,20)2;2*1-2/h7,16,18-21,24H,4-6,8-15H2,1-3H3;2*1-2H3. The van der Waals surface area contributed by atoms with Crippen LogP contribution < -0.4 is 0 Å². The molecule has 164 valence electrons. The van der Waals surface area contributed by atoms with Gasteiger partial charge in [-0.1, -0.05) is 73.0 Å². The van der Waals surface area contributed by atoms with Gasteiger partial charge in [0.15, 0.2) is 0 Å². The predicted octanol–water partition coefficient (Wildman–Crippen LogP) is 8.17. The van der Waals surface area contributed by atoms with Gasteiger partial charge in [0.25, 0.3) is 0 Å². The second-order valence-corrected chi connectivity index (χ2v) is 10.1. The molecule has 4 aliphatic carbocycles. The van der Waals surface area contributed by atoms with Crippen LogP contribution in [-0.2, 0) is 0 Å². The molecule has 0 radical (unpaired) electrons. The highest BCUT2D eigenvalue weighted by atomic mass is 16.3. The molecule has 0 bridgehead atoms. The molecule has 0 spiro atoms. The van der Waals surface area contributed by atoms with Crippen molar-refractivity contribution in [2.24, 2.45) is 34.5 Å². The van der Waals surface area contributed by atoms with Gasteiger partial charge in [-0.3, -0.25) is 0 Å². The topological polar surface area (TPSA) is 20.2 Å². The Kier molecular flexibility index (Phi) is 8.68. The molecule has 0 aromatic rings. The Morgan fingerprint density at radius 3 is 2.36 bits per heavy atom. The Morgan fingerprint density at radius 1 is 0.964 bits per heavy atom. The fraction of sp³-hybridized carbons (Fsp3) is 0.926. The van der Waals surface area contributed by atoms with E-state index in [0.29, 0.717) is 10.8 Å². The summed E-state index contributed by atoms with van der Waals surface area (Å²) in [5, 5.41) is 10.1. The summed E-state index contributed by atoms with van der Waals surface area (Å²) >= 11 is 0. The summed E-state index contributed by atoms with van der Waals surface area (Å²) in [6, 6.07) is 0. The Labute approximate surface area is 176 Å². The quantitative estimate of drug-likeness (QED) is 0.482. The van der Waals surface area contributed by atoms with Crippen molar-refractivity contribution in [1.82, 2.24) is 0 Å². The van der Waals surface area contributed by atoms with Gasteiger partial charge in [-0.2, -0.15) is 0 Å². The molecule has 0 heterocycles. The van der Waals surface area contributed by atoms with Gasteiger partial charge in [0.1, 0.15) is 0 Å². The molecule has 7 unspecified atom stereocenters. The Bertz CT molecular complexity index is 508. The molecule has 28 heavy (non-hydrogen) atoms.